The maximum Gasteiger partial charge on any atom is 0.0952 e. The van der Waals surface area contributed by atoms with Gasteiger partial charge in [0.05, 0.1) is 18.6 Å². The van der Waals surface area contributed by atoms with Crippen LogP contribution in [0.25, 0.3) is 0 Å². The van der Waals surface area contributed by atoms with E-state index in [0.29, 0.717) is 0 Å². The molecule has 3 nitrogen and oxygen atoms in total. The summed E-state index contributed by atoms with van der Waals surface area (Å²) in [6.07, 6.45) is 3.81. The quantitative estimate of drug-likeness (QED) is 0.920. The second-order valence-corrected chi connectivity index (χ2v) is 5.44. The molecule has 0 aromatic carbocycles. The lowest BCUT2D eigenvalue weighted by Crippen LogP contribution is -2.15. The first-order valence-corrected chi connectivity index (χ1v) is 6.89. The van der Waals surface area contributed by atoms with Crippen molar-refractivity contribution in [3.05, 3.63) is 39.0 Å². The standard InChI is InChI=1S/C11H14BrN3S/c1-2-13-4-10-5-14-8-15(10)6-11-3-9(12)7-16-11/h3,5,7-8,13H,2,4,6H2,1H3. The molecule has 0 saturated carbocycles. The van der Waals surface area contributed by atoms with Crippen LogP contribution in [0.1, 0.15) is 17.5 Å². The summed E-state index contributed by atoms with van der Waals surface area (Å²) in [7, 11) is 0. The highest BCUT2D eigenvalue weighted by Crippen LogP contribution is 2.20. The van der Waals surface area contributed by atoms with Crippen molar-refractivity contribution < 1.29 is 0 Å². The number of nitrogens with one attached hydrogen (secondary N) is 1. The van der Waals surface area contributed by atoms with Gasteiger partial charge in [-0.1, -0.05) is 6.92 Å². The Bertz CT molecular complexity index is 450. The average Bonchev–Trinajstić information content (AvgIpc) is 2.86. The highest BCUT2D eigenvalue weighted by atomic mass is 79.9. The lowest BCUT2D eigenvalue weighted by Gasteiger charge is -2.06. The fourth-order valence-electron chi connectivity index (χ4n) is 1.50. The molecule has 5 heteroatoms. The molecular weight excluding hydrogens is 286 g/mol. The Labute approximate surface area is 108 Å². The van der Waals surface area contributed by atoms with Gasteiger partial charge in [-0.2, -0.15) is 0 Å². The third-order valence-corrected chi connectivity index (χ3v) is 3.98. The van der Waals surface area contributed by atoms with Crippen molar-refractivity contribution >= 4 is 27.3 Å². The third-order valence-electron chi connectivity index (χ3n) is 2.30. The predicted molar refractivity (Wildman–Crippen MR) is 70.7 cm³/mol. The normalized spacial score (nSPS) is 10.9. The third kappa shape index (κ3) is 2.93. The summed E-state index contributed by atoms with van der Waals surface area (Å²) in [5.41, 5.74) is 1.23. The predicted octanol–water partition coefficient (Wildman–Crippen LogP) is 2.86. The van der Waals surface area contributed by atoms with Crippen LogP contribution in [0.3, 0.4) is 0 Å². The van der Waals surface area contributed by atoms with Crippen molar-refractivity contribution in [1.29, 1.82) is 0 Å². The maximum atomic E-state index is 4.19. The molecule has 0 aliphatic rings. The first kappa shape index (κ1) is 11.8. The van der Waals surface area contributed by atoms with Crippen LogP contribution in [0.5, 0.6) is 0 Å². The van der Waals surface area contributed by atoms with Gasteiger partial charge in [0.1, 0.15) is 0 Å². The summed E-state index contributed by atoms with van der Waals surface area (Å²) < 4.78 is 3.34. The van der Waals surface area contributed by atoms with Crippen molar-refractivity contribution in [3.8, 4) is 0 Å². The lowest BCUT2D eigenvalue weighted by atomic mass is 10.4. The summed E-state index contributed by atoms with van der Waals surface area (Å²) in [6, 6.07) is 2.15. The zero-order valence-corrected chi connectivity index (χ0v) is 11.5. The Morgan fingerprint density at radius 2 is 2.44 bits per heavy atom. The number of aromatic nitrogens is 2. The Kier molecular flexibility index (Phi) is 4.15. The van der Waals surface area contributed by atoms with E-state index < -0.39 is 0 Å². The monoisotopic (exact) mass is 299 g/mol. The van der Waals surface area contributed by atoms with Crippen molar-refractivity contribution in [2.45, 2.75) is 20.0 Å². The van der Waals surface area contributed by atoms with E-state index in [1.807, 2.05) is 12.5 Å². The van der Waals surface area contributed by atoms with Gasteiger partial charge in [0, 0.05) is 27.5 Å². The van der Waals surface area contributed by atoms with Gasteiger partial charge in [-0.15, -0.1) is 11.3 Å². The zero-order chi connectivity index (χ0) is 11.4. The minimum atomic E-state index is 0.878. The Hall–Kier alpha value is -0.650. The van der Waals surface area contributed by atoms with Crippen LogP contribution in [0.15, 0.2) is 28.4 Å². The van der Waals surface area contributed by atoms with Gasteiger partial charge in [0.2, 0.25) is 0 Å². The molecule has 0 saturated heterocycles. The number of halogens is 1. The smallest absolute Gasteiger partial charge is 0.0952 e. The number of thiophene rings is 1. The van der Waals surface area contributed by atoms with E-state index in [1.54, 1.807) is 11.3 Å². The first-order valence-electron chi connectivity index (χ1n) is 5.22. The van der Waals surface area contributed by atoms with E-state index in [4.69, 9.17) is 0 Å². The van der Waals surface area contributed by atoms with Crippen molar-refractivity contribution in [1.82, 2.24) is 14.9 Å². The number of nitrogens with zero attached hydrogens (tertiary/aromatic N) is 2. The highest BCUT2D eigenvalue weighted by molar-refractivity contribution is 9.10. The van der Waals surface area contributed by atoms with Gasteiger partial charge in [-0.05, 0) is 28.5 Å². The van der Waals surface area contributed by atoms with Gasteiger partial charge in [-0.3, -0.25) is 0 Å². The van der Waals surface area contributed by atoms with Gasteiger partial charge in [0.15, 0.2) is 0 Å². The van der Waals surface area contributed by atoms with E-state index in [-0.39, 0.29) is 0 Å². The van der Waals surface area contributed by atoms with Crippen molar-refractivity contribution in [2.24, 2.45) is 0 Å². The molecule has 16 heavy (non-hydrogen) atoms. The molecule has 2 aromatic rings. The Morgan fingerprint density at radius 3 is 3.12 bits per heavy atom. The van der Waals surface area contributed by atoms with Gasteiger partial charge in [0.25, 0.3) is 0 Å². The summed E-state index contributed by atoms with van der Waals surface area (Å²) >= 11 is 5.23. The summed E-state index contributed by atoms with van der Waals surface area (Å²) in [4.78, 5) is 5.53. The summed E-state index contributed by atoms with van der Waals surface area (Å²) in [5, 5.41) is 5.42. The van der Waals surface area contributed by atoms with E-state index in [9.17, 15) is 0 Å². The molecule has 2 rings (SSSR count). The van der Waals surface area contributed by atoms with Crippen molar-refractivity contribution in [3.63, 3.8) is 0 Å². The zero-order valence-electron chi connectivity index (χ0n) is 9.11. The molecule has 0 aliphatic heterocycles. The number of rotatable bonds is 5. The fraction of sp³-hybridized carbons (Fsp3) is 0.364. The van der Waals surface area contributed by atoms with Crippen molar-refractivity contribution in [2.75, 3.05) is 6.54 Å². The molecule has 0 spiro atoms. The van der Waals surface area contributed by atoms with E-state index in [2.05, 4.69) is 49.2 Å². The topological polar surface area (TPSA) is 29.9 Å². The second kappa shape index (κ2) is 5.61. The van der Waals surface area contributed by atoms with Crippen LogP contribution in [0.4, 0.5) is 0 Å². The van der Waals surface area contributed by atoms with Crippen LogP contribution in [0.2, 0.25) is 0 Å². The number of imidazole rings is 1. The van der Waals surface area contributed by atoms with E-state index in [0.717, 1.165) is 24.1 Å². The Morgan fingerprint density at radius 1 is 1.56 bits per heavy atom. The second-order valence-electron chi connectivity index (χ2n) is 3.52. The fourth-order valence-corrected chi connectivity index (χ4v) is 2.94. The molecule has 1 N–H and O–H groups in total. The summed E-state index contributed by atoms with van der Waals surface area (Å²) in [5.74, 6) is 0. The largest absolute Gasteiger partial charge is 0.328 e. The molecular formula is C11H14BrN3S. The number of hydrogen-bond acceptors (Lipinski definition) is 3. The average molecular weight is 300 g/mol. The lowest BCUT2D eigenvalue weighted by molar-refractivity contribution is 0.659. The highest BCUT2D eigenvalue weighted by Gasteiger charge is 2.03. The van der Waals surface area contributed by atoms with Gasteiger partial charge < -0.3 is 9.88 Å². The van der Waals surface area contributed by atoms with Crippen LogP contribution in [-0.2, 0) is 13.1 Å². The van der Waals surface area contributed by atoms with Crippen LogP contribution in [0, 0.1) is 0 Å². The van der Waals surface area contributed by atoms with Crippen LogP contribution < -0.4 is 5.32 Å². The minimum absolute atomic E-state index is 0.878. The first-order chi connectivity index (χ1) is 7.79. The number of hydrogen-bond donors (Lipinski definition) is 1. The van der Waals surface area contributed by atoms with Gasteiger partial charge in [-0.25, -0.2) is 4.98 Å². The maximum absolute atomic E-state index is 4.19. The van der Waals surface area contributed by atoms with E-state index >= 15 is 0 Å². The molecule has 86 valence electrons. The molecule has 0 atom stereocenters. The molecule has 0 fully saturated rings. The SMILES string of the molecule is CCNCc1cncn1Cc1cc(Br)cs1. The van der Waals surface area contributed by atoms with Crippen LogP contribution >= 0.6 is 27.3 Å². The molecule has 2 aromatic heterocycles. The minimum Gasteiger partial charge on any atom is -0.328 e. The molecule has 0 bridgehead atoms. The molecule has 2 heterocycles. The van der Waals surface area contributed by atoms with E-state index in [1.165, 1.54) is 10.6 Å². The molecule has 0 aliphatic carbocycles. The van der Waals surface area contributed by atoms with Crippen LogP contribution in [-0.4, -0.2) is 16.1 Å². The van der Waals surface area contributed by atoms with Gasteiger partial charge >= 0.3 is 0 Å². The molecule has 0 radical (unpaired) electrons. The molecule has 0 unspecified atom stereocenters. The summed E-state index contributed by atoms with van der Waals surface area (Å²) in [6.45, 7) is 4.87. The molecule has 0 amide bonds. The Balaban J connectivity index is 2.06.